The Labute approximate surface area is 142 Å². The van der Waals surface area contributed by atoms with Crippen molar-refractivity contribution < 1.29 is 4.79 Å². The summed E-state index contributed by atoms with van der Waals surface area (Å²) in [6.07, 6.45) is 0. The molecule has 0 radical (unpaired) electrons. The van der Waals surface area contributed by atoms with E-state index in [1.807, 2.05) is 19.1 Å². The average Bonchev–Trinajstić information content (AvgIpc) is 2.51. The monoisotopic (exact) mass is 331 g/mol. The molecular weight excluding hydrogens is 310 g/mol. The molecule has 0 saturated heterocycles. The van der Waals surface area contributed by atoms with Gasteiger partial charge in [0.2, 0.25) is 0 Å². The maximum absolute atomic E-state index is 12.1. The summed E-state index contributed by atoms with van der Waals surface area (Å²) in [5.41, 5.74) is 3.64. The molecule has 0 heterocycles. The topological polar surface area (TPSA) is 44.4 Å². The summed E-state index contributed by atoms with van der Waals surface area (Å²) in [6.45, 7) is 8.16. The molecule has 0 aliphatic heterocycles. The summed E-state index contributed by atoms with van der Waals surface area (Å²) in [5, 5.41) is 6.23. The highest BCUT2D eigenvalue weighted by Crippen LogP contribution is 2.23. The maximum atomic E-state index is 12.1. The number of aryl methyl sites for hydroxylation is 1. The van der Waals surface area contributed by atoms with E-state index in [2.05, 4.69) is 35.4 Å². The van der Waals surface area contributed by atoms with Crippen molar-refractivity contribution in [3.63, 3.8) is 0 Å². The van der Waals surface area contributed by atoms with Gasteiger partial charge in [0, 0.05) is 35.2 Å². The van der Waals surface area contributed by atoms with Crippen LogP contribution in [0.3, 0.4) is 0 Å². The van der Waals surface area contributed by atoms with Gasteiger partial charge in [-0.2, -0.15) is 0 Å². The Bertz CT molecular complexity index is 684. The maximum Gasteiger partial charge on any atom is 0.323 e. The summed E-state index contributed by atoms with van der Waals surface area (Å²) in [7, 11) is 0. The van der Waals surface area contributed by atoms with E-state index in [1.54, 1.807) is 24.3 Å². The first-order valence-corrected chi connectivity index (χ1v) is 8.10. The summed E-state index contributed by atoms with van der Waals surface area (Å²) in [5.74, 6) is 0. The fourth-order valence-electron chi connectivity index (χ4n) is 2.42. The van der Waals surface area contributed by atoms with Gasteiger partial charge in [0.05, 0.1) is 0 Å². The number of carbonyl (C=O) groups is 1. The number of benzene rings is 2. The molecule has 2 aromatic carbocycles. The van der Waals surface area contributed by atoms with Crippen molar-refractivity contribution in [2.24, 2.45) is 0 Å². The lowest BCUT2D eigenvalue weighted by atomic mass is 10.1. The van der Waals surface area contributed by atoms with E-state index >= 15 is 0 Å². The molecule has 0 atom stereocenters. The van der Waals surface area contributed by atoms with Crippen LogP contribution in [-0.4, -0.2) is 19.1 Å². The van der Waals surface area contributed by atoms with Gasteiger partial charge in [-0.15, -0.1) is 0 Å². The normalized spacial score (nSPS) is 10.3. The molecule has 0 aliphatic rings. The van der Waals surface area contributed by atoms with Gasteiger partial charge in [-0.25, -0.2) is 4.79 Å². The van der Waals surface area contributed by atoms with Crippen LogP contribution in [0.1, 0.15) is 19.4 Å². The molecule has 4 nitrogen and oxygen atoms in total. The van der Waals surface area contributed by atoms with Crippen LogP contribution >= 0.6 is 11.6 Å². The SMILES string of the molecule is CCN(CC)c1ccc(NC(=O)Nc2cccc(Cl)c2)c(C)c1. The van der Waals surface area contributed by atoms with Crippen molar-refractivity contribution in [2.75, 3.05) is 28.6 Å². The van der Waals surface area contributed by atoms with E-state index in [0.717, 1.165) is 30.0 Å². The van der Waals surface area contributed by atoms with Crippen LogP contribution in [0.25, 0.3) is 0 Å². The molecule has 5 heteroatoms. The number of carbonyl (C=O) groups excluding carboxylic acids is 1. The number of rotatable bonds is 5. The first kappa shape index (κ1) is 17.2. The lowest BCUT2D eigenvalue weighted by molar-refractivity contribution is 0.262. The zero-order valence-electron chi connectivity index (χ0n) is 13.7. The van der Waals surface area contributed by atoms with E-state index in [0.29, 0.717) is 10.7 Å². The van der Waals surface area contributed by atoms with Crippen molar-refractivity contribution in [1.29, 1.82) is 0 Å². The third kappa shape index (κ3) is 4.63. The second kappa shape index (κ2) is 7.88. The number of hydrogen-bond acceptors (Lipinski definition) is 2. The molecule has 0 aromatic heterocycles. The van der Waals surface area contributed by atoms with Gasteiger partial charge in [0.1, 0.15) is 0 Å². The van der Waals surface area contributed by atoms with E-state index < -0.39 is 0 Å². The minimum Gasteiger partial charge on any atom is -0.372 e. The highest BCUT2D eigenvalue weighted by Gasteiger charge is 2.08. The molecule has 0 saturated carbocycles. The summed E-state index contributed by atoms with van der Waals surface area (Å²) >= 11 is 5.91. The van der Waals surface area contributed by atoms with Crippen LogP contribution in [0.4, 0.5) is 21.9 Å². The van der Waals surface area contributed by atoms with E-state index in [4.69, 9.17) is 11.6 Å². The van der Waals surface area contributed by atoms with Gasteiger partial charge in [-0.1, -0.05) is 17.7 Å². The average molecular weight is 332 g/mol. The number of amides is 2. The highest BCUT2D eigenvalue weighted by molar-refractivity contribution is 6.30. The van der Waals surface area contributed by atoms with E-state index in [9.17, 15) is 4.79 Å². The molecule has 2 N–H and O–H groups in total. The van der Waals surface area contributed by atoms with Crippen molar-refractivity contribution in [1.82, 2.24) is 0 Å². The Morgan fingerprint density at radius 1 is 1.09 bits per heavy atom. The number of hydrogen-bond donors (Lipinski definition) is 2. The number of nitrogens with zero attached hydrogens (tertiary/aromatic N) is 1. The quantitative estimate of drug-likeness (QED) is 0.796. The highest BCUT2D eigenvalue weighted by atomic mass is 35.5. The van der Waals surface area contributed by atoms with E-state index in [1.165, 1.54) is 0 Å². The standard InChI is InChI=1S/C18H22ClN3O/c1-4-22(5-2)16-9-10-17(13(3)11-16)21-18(23)20-15-8-6-7-14(19)12-15/h6-12H,4-5H2,1-3H3,(H2,20,21,23). The van der Waals surface area contributed by atoms with Gasteiger partial charge in [-0.3, -0.25) is 0 Å². The molecular formula is C18H22ClN3O. The molecule has 0 bridgehead atoms. The third-order valence-corrected chi connectivity index (χ3v) is 3.90. The second-order valence-corrected chi connectivity index (χ2v) is 5.70. The Kier molecular flexibility index (Phi) is 5.88. The van der Waals surface area contributed by atoms with Crippen molar-refractivity contribution in [3.8, 4) is 0 Å². The fourth-order valence-corrected chi connectivity index (χ4v) is 2.61. The van der Waals surface area contributed by atoms with Crippen molar-refractivity contribution in [2.45, 2.75) is 20.8 Å². The van der Waals surface area contributed by atoms with E-state index in [-0.39, 0.29) is 6.03 Å². The molecule has 122 valence electrons. The van der Waals surface area contributed by atoms with Crippen LogP contribution in [0.5, 0.6) is 0 Å². The first-order chi connectivity index (χ1) is 11.0. The molecule has 0 aliphatic carbocycles. The Balaban J connectivity index is 2.06. The zero-order chi connectivity index (χ0) is 16.8. The minimum atomic E-state index is -0.286. The van der Waals surface area contributed by atoms with Crippen molar-refractivity contribution >= 4 is 34.7 Å². The smallest absolute Gasteiger partial charge is 0.323 e. The van der Waals surface area contributed by atoms with Gasteiger partial charge in [0.25, 0.3) is 0 Å². The van der Waals surface area contributed by atoms with Gasteiger partial charge < -0.3 is 15.5 Å². The summed E-state index contributed by atoms with van der Waals surface area (Å²) < 4.78 is 0. The van der Waals surface area contributed by atoms with Gasteiger partial charge in [0.15, 0.2) is 0 Å². The van der Waals surface area contributed by atoms with Gasteiger partial charge >= 0.3 is 6.03 Å². The fraction of sp³-hybridized carbons (Fsp3) is 0.278. The van der Waals surface area contributed by atoms with Crippen LogP contribution in [0, 0.1) is 6.92 Å². The zero-order valence-corrected chi connectivity index (χ0v) is 14.4. The predicted molar refractivity (Wildman–Crippen MR) is 98.8 cm³/mol. The lowest BCUT2D eigenvalue weighted by Crippen LogP contribution is -2.22. The molecule has 2 rings (SSSR count). The summed E-state index contributed by atoms with van der Waals surface area (Å²) in [4.78, 5) is 14.4. The van der Waals surface area contributed by atoms with Crippen LogP contribution in [0.15, 0.2) is 42.5 Å². The molecule has 2 aromatic rings. The third-order valence-electron chi connectivity index (χ3n) is 3.67. The van der Waals surface area contributed by atoms with Crippen LogP contribution in [0.2, 0.25) is 5.02 Å². The lowest BCUT2D eigenvalue weighted by Gasteiger charge is -2.22. The Morgan fingerprint density at radius 3 is 2.43 bits per heavy atom. The number of anilines is 3. The second-order valence-electron chi connectivity index (χ2n) is 5.26. The first-order valence-electron chi connectivity index (χ1n) is 7.72. The minimum absolute atomic E-state index is 0.286. The number of nitrogens with one attached hydrogen (secondary N) is 2. The summed E-state index contributed by atoms with van der Waals surface area (Å²) in [6, 6.07) is 12.8. The molecule has 2 amide bonds. The Morgan fingerprint density at radius 2 is 1.83 bits per heavy atom. The molecule has 0 fully saturated rings. The Hall–Kier alpha value is -2.20. The number of urea groups is 1. The van der Waals surface area contributed by atoms with Crippen LogP contribution in [-0.2, 0) is 0 Å². The molecule has 0 spiro atoms. The predicted octanol–water partition coefficient (Wildman–Crippen LogP) is 5.14. The molecule has 23 heavy (non-hydrogen) atoms. The largest absolute Gasteiger partial charge is 0.372 e. The van der Waals surface area contributed by atoms with Crippen molar-refractivity contribution in [3.05, 3.63) is 53.1 Å². The molecule has 0 unspecified atom stereocenters. The number of halogens is 1. The van der Waals surface area contributed by atoms with Gasteiger partial charge in [-0.05, 0) is 62.7 Å². The van der Waals surface area contributed by atoms with Crippen LogP contribution < -0.4 is 15.5 Å².